The topological polar surface area (TPSA) is 33.2 Å². The molecular formula is C19H15BrN2O. The number of anilines is 1. The molecule has 0 aliphatic rings. The van der Waals surface area contributed by atoms with Gasteiger partial charge in [-0.3, -0.25) is 9.69 Å². The van der Waals surface area contributed by atoms with Crippen molar-refractivity contribution in [3.05, 3.63) is 94.6 Å². The van der Waals surface area contributed by atoms with Crippen LogP contribution in [0.2, 0.25) is 0 Å². The Bertz CT molecular complexity index is 791. The van der Waals surface area contributed by atoms with Gasteiger partial charge in [0.05, 0.1) is 12.1 Å². The van der Waals surface area contributed by atoms with Crippen molar-refractivity contribution in [3.8, 4) is 0 Å². The zero-order valence-electron chi connectivity index (χ0n) is 12.4. The number of rotatable bonds is 4. The van der Waals surface area contributed by atoms with Gasteiger partial charge in [0.2, 0.25) is 0 Å². The lowest BCUT2D eigenvalue weighted by Gasteiger charge is -2.22. The van der Waals surface area contributed by atoms with E-state index in [1.807, 2.05) is 72.8 Å². The summed E-state index contributed by atoms with van der Waals surface area (Å²) in [5, 5.41) is 0. The van der Waals surface area contributed by atoms with Gasteiger partial charge in [-0.1, -0.05) is 48.5 Å². The number of hydrogen-bond acceptors (Lipinski definition) is 2. The maximum atomic E-state index is 13.0. The Labute approximate surface area is 143 Å². The van der Waals surface area contributed by atoms with Crippen LogP contribution in [-0.2, 0) is 6.54 Å². The second kappa shape index (κ2) is 7.20. The number of amides is 1. The van der Waals surface area contributed by atoms with E-state index >= 15 is 0 Å². The summed E-state index contributed by atoms with van der Waals surface area (Å²) in [5.74, 6) is 0.553. The molecule has 0 saturated heterocycles. The zero-order chi connectivity index (χ0) is 16.1. The van der Waals surface area contributed by atoms with Crippen LogP contribution in [0.15, 0.2) is 83.5 Å². The number of nitrogens with zero attached hydrogens (tertiary/aromatic N) is 2. The zero-order valence-corrected chi connectivity index (χ0v) is 14.0. The summed E-state index contributed by atoms with van der Waals surface area (Å²) in [4.78, 5) is 19.1. The summed E-state index contributed by atoms with van der Waals surface area (Å²) in [7, 11) is 0. The smallest absolute Gasteiger partial charge is 0.260 e. The van der Waals surface area contributed by atoms with Gasteiger partial charge in [0, 0.05) is 10.7 Å². The van der Waals surface area contributed by atoms with E-state index in [2.05, 4.69) is 20.9 Å². The molecule has 3 aromatic rings. The lowest BCUT2D eigenvalue weighted by molar-refractivity contribution is 0.0983. The van der Waals surface area contributed by atoms with E-state index in [0.717, 1.165) is 10.0 Å². The predicted molar refractivity (Wildman–Crippen MR) is 95.3 cm³/mol. The first-order valence-corrected chi connectivity index (χ1v) is 8.06. The molecular weight excluding hydrogens is 352 g/mol. The van der Waals surface area contributed by atoms with E-state index in [0.29, 0.717) is 17.9 Å². The van der Waals surface area contributed by atoms with Gasteiger partial charge in [0.25, 0.3) is 5.91 Å². The lowest BCUT2D eigenvalue weighted by atomic mass is 10.1. The second-order valence-electron chi connectivity index (χ2n) is 5.04. The summed E-state index contributed by atoms with van der Waals surface area (Å²) in [5.41, 5.74) is 1.67. The molecule has 0 radical (unpaired) electrons. The third-order valence-corrected chi connectivity index (χ3v) is 4.15. The fourth-order valence-corrected chi connectivity index (χ4v) is 2.77. The molecule has 3 nitrogen and oxygen atoms in total. The second-order valence-corrected chi connectivity index (χ2v) is 5.90. The van der Waals surface area contributed by atoms with Gasteiger partial charge in [0.1, 0.15) is 5.82 Å². The van der Waals surface area contributed by atoms with Gasteiger partial charge < -0.3 is 0 Å². The van der Waals surface area contributed by atoms with Crippen molar-refractivity contribution in [1.82, 2.24) is 4.98 Å². The van der Waals surface area contributed by atoms with Crippen LogP contribution in [0.25, 0.3) is 0 Å². The van der Waals surface area contributed by atoms with E-state index in [4.69, 9.17) is 0 Å². The van der Waals surface area contributed by atoms with Crippen molar-refractivity contribution >= 4 is 27.7 Å². The van der Waals surface area contributed by atoms with E-state index < -0.39 is 0 Å². The maximum Gasteiger partial charge on any atom is 0.260 e. The number of benzene rings is 2. The molecule has 114 valence electrons. The monoisotopic (exact) mass is 366 g/mol. The molecule has 0 bridgehead atoms. The maximum absolute atomic E-state index is 13.0. The van der Waals surface area contributed by atoms with Crippen LogP contribution in [0.5, 0.6) is 0 Å². The molecule has 0 spiro atoms. The molecule has 1 aromatic heterocycles. The van der Waals surface area contributed by atoms with E-state index in [9.17, 15) is 4.79 Å². The van der Waals surface area contributed by atoms with Gasteiger partial charge in [-0.2, -0.15) is 0 Å². The molecule has 0 aliphatic heterocycles. The van der Waals surface area contributed by atoms with Crippen LogP contribution in [0.3, 0.4) is 0 Å². The fourth-order valence-electron chi connectivity index (χ4n) is 2.32. The standard InChI is InChI=1S/C19H15BrN2O/c20-17-11-5-4-10-16(17)19(23)22(18-12-6-7-13-21-18)14-15-8-2-1-3-9-15/h1-13H,14H2. The Morgan fingerprint density at radius 1 is 0.913 bits per heavy atom. The largest absolute Gasteiger partial charge is 0.288 e. The summed E-state index contributed by atoms with van der Waals surface area (Å²) >= 11 is 3.46. The first-order valence-electron chi connectivity index (χ1n) is 7.27. The number of hydrogen-bond donors (Lipinski definition) is 0. The quantitative estimate of drug-likeness (QED) is 0.670. The number of pyridine rings is 1. The van der Waals surface area contributed by atoms with Crippen LogP contribution in [-0.4, -0.2) is 10.9 Å². The van der Waals surface area contributed by atoms with Crippen molar-refractivity contribution in [2.45, 2.75) is 6.54 Å². The van der Waals surface area contributed by atoms with Crippen LogP contribution >= 0.6 is 15.9 Å². The van der Waals surface area contributed by atoms with Gasteiger partial charge in [-0.15, -0.1) is 0 Å². The van der Waals surface area contributed by atoms with Crippen LogP contribution in [0, 0.1) is 0 Å². The lowest BCUT2D eigenvalue weighted by Crippen LogP contribution is -2.31. The average molecular weight is 367 g/mol. The van der Waals surface area contributed by atoms with Crippen molar-refractivity contribution in [3.63, 3.8) is 0 Å². The molecule has 0 N–H and O–H groups in total. The summed E-state index contributed by atoms with van der Waals surface area (Å²) < 4.78 is 0.777. The third-order valence-electron chi connectivity index (χ3n) is 3.46. The highest BCUT2D eigenvalue weighted by atomic mass is 79.9. The highest BCUT2D eigenvalue weighted by Crippen LogP contribution is 2.22. The minimum Gasteiger partial charge on any atom is -0.288 e. The van der Waals surface area contributed by atoms with E-state index in [-0.39, 0.29) is 5.91 Å². The molecule has 0 fully saturated rings. The summed E-state index contributed by atoms with van der Waals surface area (Å²) in [6, 6.07) is 22.9. The first kappa shape index (κ1) is 15.4. The van der Waals surface area contributed by atoms with Gasteiger partial charge in [-0.25, -0.2) is 4.98 Å². The van der Waals surface area contributed by atoms with Crippen molar-refractivity contribution in [1.29, 1.82) is 0 Å². The van der Waals surface area contributed by atoms with Gasteiger partial charge in [0.15, 0.2) is 0 Å². The molecule has 0 saturated carbocycles. The van der Waals surface area contributed by atoms with Crippen LogP contribution in [0.4, 0.5) is 5.82 Å². The van der Waals surface area contributed by atoms with Crippen molar-refractivity contribution < 1.29 is 4.79 Å². The fraction of sp³-hybridized carbons (Fsp3) is 0.0526. The third kappa shape index (κ3) is 3.66. The Hall–Kier alpha value is -2.46. The summed E-state index contributed by atoms with van der Waals surface area (Å²) in [6.07, 6.45) is 1.70. The molecule has 0 unspecified atom stereocenters. The van der Waals surface area contributed by atoms with E-state index in [1.165, 1.54) is 0 Å². The molecule has 1 heterocycles. The molecule has 4 heteroatoms. The van der Waals surface area contributed by atoms with Crippen molar-refractivity contribution in [2.24, 2.45) is 0 Å². The minimum atomic E-state index is -0.0833. The van der Waals surface area contributed by atoms with Crippen LogP contribution in [0.1, 0.15) is 15.9 Å². The molecule has 0 aliphatic carbocycles. The number of halogens is 1. The molecule has 23 heavy (non-hydrogen) atoms. The number of carbonyl (C=O) groups is 1. The molecule has 2 aromatic carbocycles. The molecule has 3 rings (SSSR count). The Morgan fingerprint density at radius 3 is 2.30 bits per heavy atom. The predicted octanol–water partition coefficient (Wildman–Crippen LogP) is 4.69. The number of carbonyl (C=O) groups excluding carboxylic acids is 1. The Kier molecular flexibility index (Phi) is 4.83. The Morgan fingerprint density at radius 2 is 1.61 bits per heavy atom. The molecule has 0 atom stereocenters. The first-order chi connectivity index (χ1) is 11.3. The van der Waals surface area contributed by atoms with Crippen molar-refractivity contribution in [2.75, 3.05) is 4.90 Å². The Balaban J connectivity index is 1.98. The van der Waals surface area contributed by atoms with Crippen LogP contribution < -0.4 is 4.90 Å². The summed E-state index contributed by atoms with van der Waals surface area (Å²) in [6.45, 7) is 0.470. The van der Waals surface area contributed by atoms with Gasteiger partial charge in [-0.05, 0) is 45.8 Å². The normalized spacial score (nSPS) is 10.3. The SMILES string of the molecule is O=C(c1ccccc1Br)N(Cc1ccccc1)c1ccccn1. The highest BCUT2D eigenvalue weighted by Gasteiger charge is 2.20. The van der Waals surface area contributed by atoms with E-state index in [1.54, 1.807) is 11.1 Å². The molecule has 1 amide bonds. The minimum absolute atomic E-state index is 0.0833. The number of aromatic nitrogens is 1. The van der Waals surface area contributed by atoms with Gasteiger partial charge >= 0.3 is 0 Å². The average Bonchev–Trinajstić information content (AvgIpc) is 2.61. The highest BCUT2D eigenvalue weighted by molar-refractivity contribution is 9.10.